The summed E-state index contributed by atoms with van der Waals surface area (Å²) in [6, 6.07) is 3.26. The van der Waals surface area contributed by atoms with Crippen LogP contribution in [-0.4, -0.2) is 41.1 Å². The van der Waals surface area contributed by atoms with E-state index in [0.29, 0.717) is 16.0 Å². The van der Waals surface area contributed by atoms with Gasteiger partial charge in [0.2, 0.25) is 0 Å². The molecular formula is C14H18BrN3O3. The predicted octanol–water partition coefficient (Wildman–Crippen LogP) is 2.42. The fraction of sp³-hybridized carbons (Fsp3) is 0.571. The molecule has 0 aromatic heterocycles. The maximum absolute atomic E-state index is 11.1. The molecule has 1 aromatic carbocycles. The summed E-state index contributed by atoms with van der Waals surface area (Å²) >= 11 is 3.33. The number of nitrogens with zero attached hydrogens (tertiary/aromatic N) is 2. The van der Waals surface area contributed by atoms with E-state index >= 15 is 0 Å². The summed E-state index contributed by atoms with van der Waals surface area (Å²) in [5.41, 5.74) is 0.459. The fourth-order valence-corrected chi connectivity index (χ4v) is 3.55. The molecule has 0 spiro atoms. The highest BCUT2D eigenvalue weighted by Crippen LogP contribution is 2.49. The summed E-state index contributed by atoms with van der Waals surface area (Å²) in [7, 11) is 0. The van der Waals surface area contributed by atoms with Crippen molar-refractivity contribution in [2.75, 3.05) is 26.2 Å². The Bertz CT molecular complexity index is 557. The van der Waals surface area contributed by atoms with Gasteiger partial charge in [0.15, 0.2) is 5.75 Å². The van der Waals surface area contributed by atoms with Gasteiger partial charge in [0.25, 0.3) is 0 Å². The molecule has 2 N–H and O–H groups in total. The van der Waals surface area contributed by atoms with Crippen LogP contribution in [0.5, 0.6) is 5.75 Å². The van der Waals surface area contributed by atoms with Crippen LogP contribution < -0.4 is 5.32 Å². The zero-order chi connectivity index (χ0) is 15.0. The van der Waals surface area contributed by atoms with Gasteiger partial charge in [-0.25, -0.2) is 0 Å². The van der Waals surface area contributed by atoms with E-state index in [1.165, 1.54) is 6.07 Å². The van der Waals surface area contributed by atoms with Gasteiger partial charge >= 0.3 is 5.69 Å². The van der Waals surface area contributed by atoms with Crippen molar-refractivity contribution in [1.29, 1.82) is 0 Å². The Morgan fingerprint density at radius 3 is 2.62 bits per heavy atom. The average molecular weight is 356 g/mol. The second-order valence-corrected chi connectivity index (χ2v) is 6.60. The second-order valence-electron chi connectivity index (χ2n) is 5.69. The molecule has 21 heavy (non-hydrogen) atoms. The number of nitro groups is 1. The van der Waals surface area contributed by atoms with Crippen molar-refractivity contribution in [3.05, 3.63) is 32.3 Å². The van der Waals surface area contributed by atoms with Crippen molar-refractivity contribution in [3.8, 4) is 5.75 Å². The molecule has 2 fully saturated rings. The number of aromatic hydroxyl groups is 1. The van der Waals surface area contributed by atoms with Gasteiger partial charge in [-0.05, 0) is 24.8 Å². The normalized spacial score (nSPS) is 21.2. The lowest BCUT2D eigenvalue weighted by molar-refractivity contribution is -0.386. The summed E-state index contributed by atoms with van der Waals surface area (Å²) in [6.07, 6.45) is 2.24. The van der Waals surface area contributed by atoms with E-state index in [1.54, 1.807) is 0 Å². The molecule has 7 heteroatoms. The van der Waals surface area contributed by atoms with E-state index in [-0.39, 0.29) is 17.5 Å². The van der Waals surface area contributed by atoms with E-state index in [2.05, 4.69) is 26.1 Å². The van der Waals surface area contributed by atoms with Crippen LogP contribution in [-0.2, 0) is 0 Å². The smallest absolute Gasteiger partial charge is 0.312 e. The highest BCUT2D eigenvalue weighted by Gasteiger charge is 2.39. The summed E-state index contributed by atoms with van der Waals surface area (Å²) < 4.78 is 0.641. The number of hydrogen-bond donors (Lipinski definition) is 2. The Labute approximate surface area is 131 Å². The minimum atomic E-state index is -0.523. The minimum Gasteiger partial charge on any atom is -0.502 e. The molecule has 1 saturated carbocycles. The number of piperazine rings is 1. The Balaban J connectivity index is 2.00. The molecule has 6 nitrogen and oxygen atoms in total. The van der Waals surface area contributed by atoms with E-state index in [9.17, 15) is 15.2 Å². The van der Waals surface area contributed by atoms with Gasteiger partial charge < -0.3 is 10.4 Å². The van der Waals surface area contributed by atoms with Crippen LogP contribution in [0.1, 0.15) is 24.4 Å². The molecule has 1 atom stereocenters. The van der Waals surface area contributed by atoms with Crippen LogP contribution in [0.2, 0.25) is 0 Å². The minimum absolute atomic E-state index is 0.0725. The van der Waals surface area contributed by atoms with Crippen molar-refractivity contribution in [2.45, 2.75) is 18.9 Å². The van der Waals surface area contributed by atoms with Gasteiger partial charge in [-0.1, -0.05) is 15.9 Å². The van der Waals surface area contributed by atoms with E-state index in [0.717, 1.165) is 39.0 Å². The lowest BCUT2D eigenvalue weighted by atomic mass is 9.98. The third-order valence-corrected chi connectivity index (χ3v) is 4.67. The number of halogens is 1. The largest absolute Gasteiger partial charge is 0.502 e. The monoisotopic (exact) mass is 355 g/mol. The van der Waals surface area contributed by atoms with Crippen LogP contribution in [0.15, 0.2) is 16.6 Å². The maximum Gasteiger partial charge on any atom is 0.312 e. The number of rotatable bonds is 4. The standard InChI is InChI=1S/C14H18BrN3O3/c15-10-7-11(14(19)12(8-10)18(20)21)13(9-1-2-9)17-5-3-16-4-6-17/h7-9,13,16,19H,1-6H2/t13-/m0/s1. The molecule has 2 aliphatic rings. The van der Waals surface area contributed by atoms with Crippen LogP contribution in [0.3, 0.4) is 0 Å². The van der Waals surface area contributed by atoms with Gasteiger partial charge in [-0.2, -0.15) is 0 Å². The highest BCUT2D eigenvalue weighted by molar-refractivity contribution is 9.10. The van der Waals surface area contributed by atoms with E-state index in [4.69, 9.17) is 0 Å². The first-order chi connectivity index (χ1) is 10.1. The maximum atomic E-state index is 11.1. The molecule has 1 saturated heterocycles. The predicted molar refractivity (Wildman–Crippen MR) is 82.4 cm³/mol. The van der Waals surface area contributed by atoms with E-state index in [1.807, 2.05) is 6.07 Å². The zero-order valence-corrected chi connectivity index (χ0v) is 13.2. The molecule has 114 valence electrons. The van der Waals surface area contributed by atoms with Gasteiger partial charge in [-0.15, -0.1) is 0 Å². The van der Waals surface area contributed by atoms with Gasteiger partial charge in [-0.3, -0.25) is 15.0 Å². The van der Waals surface area contributed by atoms with Gasteiger partial charge in [0.05, 0.1) is 4.92 Å². The topological polar surface area (TPSA) is 78.6 Å². The average Bonchev–Trinajstić information content (AvgIpc) is 3.28. The fourth-order valence-electron chi connectivity index (χ4n) is 3.09. The lowest BCUT2D eigenvalue weighted by Gasteiger charge is -2.35. The Morgan fingerprint density at radius 1 is 1.38 bits per heavy atom. The third kappa shape index (κ3) is 3.04. The second kappa shape index (κ2) is 5.90. The van der Waals surface area contributed by atoms with Crippen LogP contribution in [0.4, 0.5) is 5.69 Å². The number of phenols is 1. The Morgan fingerprint density at radius 2 is 2.05 bits per heavy atom. The number of benzene rings is 1. The zero-order valence-electron chi connectivity index (χ0n) is 11.6. The van der Waals surface area contributed by atoms with Crippen molar-refractivity contribution in [2.24, 2.45) is 5.92 Å². The molecule has 1 aliphatic carbocycles. The summed E-state index contributed by atoms with van der Waals surface area (Å²) in [5.74, 6) is 0.307. The molecular weight excluding hydrogens is 338 g/mol. The van der Waals surface area contributed by atoms with Crippen LogP contribution in [0, 0.1) is 16.0 Å². The Hall–Kier alpha value is -1.18. The Kier molecular flexibility index (Phi) is 4.14. The number of nitrogens with one attached hydrogen (secondary N) is 1. The molecule has 0 amide bonds. The molecule has 1 heterocycles. The van der Waals surface area contributed by atoms with Crippen molar-refractivity contribution in [1.82, 2.24) is 10.2 Å². The summed E-state index contributed by atoms with van der Waals surface area (Å²) in [6.45, 7) is 3.64. The molecule has 0 radical (unpaired) electrons. The quantitative estimate of drug-likeness (QED) is 0.640. The van der Waals surface area contributed by atoms with Gasteiger partial charge in [0, 0.05) is 48.3 Å². The lowest BCUT2D eigenvalue weighted by Crippen LogP contribution is -2.45. The summed E-state index contributed by atoms with van der Waals surface area (Å²) in [5, 5.41) is 24.8. The molecule has 0 bridgehead atoms. The third-order valence-electron chi connectivity index (χ3n) is 4.21. The van der Waals surface area contributed by atoms with Crippen LogP contribution in [0.25, 0.3) is 0 Å². The highest BCUT2D eigenvalue weighted by atomic mass is 79.9. The van der Waals surface area contributed by atoms with E-state index < -0.39 is 4.92 Å². The first kappa shape index (κ1) is 14.7. The van der Waals surface area contributed by atoms with Crippen molar-refractivity contribution < 1.29 is 10.0 Å². The molecule has 1 aromatic rings. The molecule has 0 unspecified atom stereocenters. The summed E-state index contributed by atoms with van der Waals surface area (Å²) in [4.78, 5) is 12.9. The first-order valence-corrected chi connectivity index (χ1v) is 7.99. The van der Waals surface area contributed by atoms with Gasteiger partial charge in [0.1, 0.15) is 0 Å². The SMILES string of the molecule is O=[N+]([O-])c1cc(Br)cc([C@H](C2CC2)N2CCNCC2)c1O. The number of hydrogen-bond acceptors (Lipinski definition) is 5. The van der Waals surface area contributed by atoms with Crippen molar-refractivity contribution in [3.63, 3.8) is 0 Å². The molecule has 1 aliphatic heterocycles. The number of phenolic OH excluding ortho intramolecular Hbond substituents is 1. The first-order valence-electron chi connectivity index (χ1n) is 7.19. The van der Waals surface area contributed by atoms with Crippen molar-refractivity contribution >= 4 is 21.6 Å². The molecule has 3 rings (SSSR count). The number of nitro benzene ring substituents is 1. The van der Waals surface area contributed by atoms with Crippen LogP contribution >= 0.6 is 15.9 Å².